The van der Waals surface area contributed by atoms with E-state index in [4.69, 9.17) is 0 Å². The number of rotatable bonds is 4. The van der Waals surface area contributed by atoms with E-state index in [2.05, 4.69) is 57.7 Å². The molecule has 1 rings (SSSR count). The van der Waals surface area contributed by atoms with Crippen LogP contribution < -0.4 is 0 Å². The SMILES string of the molecule is Cc1cccc(SCC(O)CC#CC(C)(C)C)c1. The van der Waals surface area contributed by atoms with Gasteiger partial charge in [-0.05, 0) is 39.8 Å². The van der Waals surface area contributed by atoms with Crippen LogP contribution in [0.1, 0.15) is 32.8 Å². The van der Waals surface area contributed by atoms with Crippen molar-refractivity contribution in [3.8, 4) is 11.8 Å². The minimum Gasteiger partial charge on any atom is -0.391 e. The quantitative estimate of drug-likeness (QED) is 0.656. The second-order valence-electron chi connectivity index (χ2n) is 5.54. The third-order valence-corrected chi connectivity index (χ3v) is 3.37. The number of hydrogen-bond acceptors (Lipinski definition) is 2. The van der Waals surface area contributed by atoms with Gasteiger partial charge in [0.05, 0.1) is 6.10 Å². The van der Waals surface area contributed by atoms with E-state index in [0.29, 0.717) is 12.2 Å². The van der Waals surface area contributed by atoms with Crippen LogP contribution in [0.4, 0.5) is 0 Å². The summed E-state index contributed by atoms with van der Waals surface area (Å²) in [5, 5.41) is 9.85. The van der Waals surface area contributed by atoms with Crippen molar-refractivity contribution >= 4 is 11.8 Å². The molecule has 1 N–H and O–H groups in total. The lowest BCUT2D eigenvalue weighted by atomic mass is 9.98. The van der Waals surface area contributed by atoms with Crippen molar-refractivity contribution < 1.29 is 5.11 Å². The summed E-state index contributed by atoms with van der Waals surface area (Å²) in [6, 6.07) is 8.34. The fourth-order valence-electron chi connectivity index (χ4n) is 1.39. The minimum absolute atomic E-state index is 0.0173. The average molecular weight is 262 g/mol. The summed E-state index contributed by atoms with van der Waals surface area (Å²) >= 11 is 1.68. The van der Waals surface area contributed by atoms with Gasteiger partial charge in [-0.3, -0.25) is 0 Å². The fraction of sp³-hybridized carbons (Fsp3) is 0.500. The zero-order valence-corrected chi connectivity index (χ0v) is 12.5. The molecule has 0 aromatic heterocycles. The molecule has 0 fully saturated rings. The summed E-state index contributed by atoms with van der Waals surface area (Å²) in [5.41, 5.74) is 1.27. The summed E-state index contributed by atoms with van der Waals surface area (Å²) in [5.74, 6) is 6.90. The zero-order chi connectivity index (χ0) is 13.6. The molecule has 0 saturated heterocycles. The van der Waals surface area contributed by atoms with Gasteiger partial charge >= 0.3 is 0 Å². The van der Waals surface area contributed by atoms with Gasteiger partial charge in [-0.1, -0.05) is 23.6 Å². The molecule has 0 spiro atoms. The monoisotopic (exact) mass is 262 g/mol. The maximum Gasteiger partial charge on any atom is 0.0743 e. The van der Waals surface area contributed by atoms with Crippen LogP contribution in [0.25, 0.3) is 0 Å². The largest absolute Gasteiger partial charge is 0.391 e. The molecular formula is C16H22OS. The lowest BCUT2D eigenvalue weighted by molar-refractivity contribution is 0.205. The number of thioether (sulfide) groups is 1. The van der Waals surface area contributed by atoms with E-state index in [9.17, 15) is 5.11 Å². The highest BCUT2D eigenvalue weighted by Gasteiger charge is 2.06. The number of hydrogen-bond donors (Lipinski definition) is 1. The van der Waals surface area contributed by atoms with E-state index in [0.717, 1.165) is 0 Å². The Morgan fingerprint density at radius 2 is 2.06 bits per heavy atom. The summed E-state index contributed by atoms with van der Waals surface area (Å²) < 4.78 is 0. The Bertz CT molecular complexity index is 434. The van der Waals surface area contributed by atoms with Crippen LogP contribution in [0.3, 0.4) is 0 Å². The van der Waals surface area contributed by atoms with Crippen molar-refractivity contribution in [2.75, 3.05) is 5.75 Å². The zero-order valence-electron chi connectivity index (χ0n) is 11.7. The van der Waals surface area contributed by atoms with Crippen LogP contribution in [0, 0.1) is 24.2 Å². The second-order valence-corrected chi connectivity index (χ2v) is 6.63. The molecule has 1 unspecified atom stereocenters. The predicted molar refractivity (Wildman–Crippen MR) is 79.8 cm³/mol. The number of aliphatic hydroxyl groups excluding tert-OH is 1. The molecule has 1 atom stereocenters. The smallest absolute Gasteiger partial charge is 0.0743 e. The van der Waals surface area contributed by atoms with Gasteiger partial charge < -0.3 is 5.11 Å². The Morgan fingerprint density at radius 1 is 1.33 bits per heavy atom. The molecule has 1 nitrogen and oxygen atoms in total. The topological polar surface area (TPSA) is 20.2 Å². The van der Waals surface area contributed by atoms with E-state index < -0.39 is 0 Å². The lowest BCUT2D eigenvalue weighted by Gasteiger charge is -2.09. The second kappa shape index (κ2) is 6.87. The third kappa shape index (κ3) is 6.74. The van der Waals surface area contributed by atoms with Gasteiger partial charge in [-0.15, -0.1) is 17.7 Å². The van der Waals surface area contributed by atoms with E-state index in [1.165, 1.54) is 10.5 Å². The van der Waals surface area contributed by atoms with Crippen molar-refractivity contribution in [1.82, 2.24) is 0 Å². The van der Waals surface area contributed by atoms with Gasteiger partial charge in [0.15, 0.2) is 0 Å². The standard InChI is InChI=1S/C16H22OS/c1-13-7-5-9-15(11-13)18-12-14(17)8-6-10-16(2,3)4/h5,7,9,11,14,17H,8,12H2,1-4H3. The van der Waals surface area contributed by atoms with Gasteiger partial charge in [0, 0.05) is 22.5 Å². The minimum atomic E-state index is -0.356. The first-order chi connectivity index (χ1) is 8.37. The first-order valence-corrected chi connectivity index (χ1v) is 7.23. The van der Waals surface area contributed by atoms with Gasteiger partial charge in [0.1, 0.15) is 0 Å². The van der Waals surface area contributed by atoms with Crippen LogP contribution in [-0.4, -0.2) is 17.0 Å². The van der Waals surface area contributed by atoms with Crippen molar-refractivity contribution in [1.29, 1.82) is 0 Å². The van der Waals surface area contributed by atoms with Gasteiger partial charge in [-0.25, -0.2) is 0 Å². The summed E-state index contributed by atoms with van der Waals surface area (Å²) in [6.45, 7) is 8.31. The molecule has 1 aromatic carbocycles. The maximum atomic E-state index is 9.85. The number of aryl methyl sites for hydroxylation is 1. The van der Waals surface area contributed by atoms with Crippen molar-refractivity contribution in [2.24, 2.45) is 5.41 Å². The first kappa shape index (κ1) is 15.1. The Kier molecular flexibility index (Phi) is 5.78. The summed E-state index contributed by atoms with van der Waals surface area (Å²) in [7, 11) is 0. The Morgan fingerprint density at radius 3 is 2.67 bits per heavy atom. The van der Waals surface area contributed by atoms with E-state index in [-0.39, 0.29) is 11.5 Å². The van der Waals surface area contributed by atoms with Crippen LogP contribution in [-0.2, 0) is 0 Å². The fourth-order valence-corrected chi connectivity index (χ4v) is 2.34. The Hall–Kier alpha value is -0.910. The van der Waals surface area contributed by atoms with E-state index in [1.807, 2.05) is 6.07 Å². The molecule has 0 heterocycles. The van der Waals surface area contributed by atoms with Gasteiger partial charge in [0.25, 0.3) is 0 Å². The normalized spacial score (nSPS) is 12.7. The molecule has 0 aliphatic heterocycles. The van der Waals surface area contributed by atoms with E-state index >= 15 is 0 Å². The van der Waals surface area contributed by atoms with Crippen LogP contribution in [0.5, 0.6) is 0 Å². The Labute approximate surface area is 115 Å². The van der Waals surface area contributed by atoms with Crippen LogP contribution in [0.2, 0.25) is 0 Å². The molecular weight excluding hydrogens is 240 g/mol. The van der Waals surface area contributed by atoms with Crippen LogP contribution >= 0.6 is 11.8 Å². The molecule has 2 heteroatoms. The summed E-state index contributed by atoms with van der Waals surface area (Å²) in [4.78, 5) is 1.21. The van der Waals surface area contributed by atoms with Crippen LogP contribution in [0.15, 0.2) is 29.2 Å². The summed E-state index contributed by atoms with van der Waals surface area (Å²) in [6.07, 6.45) is 0.196. The molecule has 98 valence electrons. The van der Waals surface area contributed by atoms with Gasteiger partial charge in [-0.2, -0.15) is 0 Å². The Balaban J connectivity index is 2.37. The predicted octanol–water partition coefficient (Wildman–Crippen LogP) is 3.89. The third-order valence-electron chi connectivity index (χ3n) is 2.23. The molecule has 0 bridgehead atoms. The van der Waals surface area contributed by atoms with Crippen molar-refractivity contribution in [2.45, 2.75) is 45.1 Å². The van der Waals surface area contributed by atoms with Crippen molar-refractivity contribution in [3.05, 3.63) is 29.8 Å². The number of benzene rings is 1. The molecule has 0 aliphatic carbocycles. The van der Waals surface area contributed by atoms with E-state index in [1.54, 1.807) is 11.8 Å². The lowest BCUT2D eigenvalue weighted by Crippen LogP contribution is -2.09. The molecule has 0 radical (unpaired) electrons. The maximum absolute atomic E-state index is 9.85. The highest BCUT2D eigenvalue weighted by atomic mass is 32.2. The average Bonchev–Trinajstić information content (AvgIpc) is 2.25. The molecule has 1 aromatic rings. The highest BCUT2D eigenvalue weighted by molar-refractivity contribution is 7.99. The van der Waals surface area contributed by atoms with Crippen molar-refractivity contribution in [3.63, 3.8) is 0 Å². The molecule has 18 heavy (non-hydrogen) atoms. The number of aliphatic hydroxyl groups is 1. The molecule has 0 saturated carbocycles. The highest BCUT2D eigenvalue weighted by Crippen LogP contribution is 2.20. The first-order valence-electron chi connectivity index (χ1n) is 6.24. The van der Waals surface area contributed by atoms with Gasteiger partial charge in [0.2, 0.25) is 0 Å². The molecule has 0 aliphatic rings. The molecule has 0 amide bonds.